The molecule has 1 aliphatic carbocycles. The van der Waals surface area contributed by atoms with E-state index >= 15 is 0 Å². The van der Waals surface area contributed by atoms with E-state index in [1.54, 1.807) is 0 Å². The Morgan fingerprint density at radius 1 is 1.00 bits per heavy atom. The molecule has 15 heavy (non-hydrogen) atoms. The van der Waals surface area contributed by atoms with Crippen molar-refractivity contribution >= 4 is 0 Å². The molecule has 0 aliphatic heterocycles. The number of rotatable bonds is 0. The van der Waals surface area contributed by atoms with Crippen LogP contribution in [0.2, 0.25) is 0 Å². The van der Waals surface area contributed by atoms with Crippen molar-refractivity contribution in [1.82, 2.24) is 0 Å². The topological polar surface area (TPSA) is 0 Å². The highest BCUT2D eigenvalue weighted by Crippen LogP contribution is 2.01. The van der Waals surface area contributed by atoms with Crippen molar-refractivity contribution in [1.29, 1.82) is 0 Å². The minimum Gasteiger partial charge on any atom is -0.0807 e. The monoisotopic (exact) mass is 210 g/mol. The van der Waals surface area contributed by atoms with E-state index in [4.69, 9.17) is 0 Å². The molecule has 0 aromatic carbocycles. The summed E-state index contributed by atoms with van der Waals surface area (Å²) in [6.07, 6.45) is 12.9. The van der Waals surface area contributed by atoms with Gasteiger partial charge in [-0.3, -0.25) is 0 Å². The molecule has 0 heterocycles. The third kappa shape index (κ3) is 24.6. The van der Waals surface area contributed by atoms with Gasteiger partial charge < -0.3 is 0 Å². The summed E-state index contributed by atoms with van der Waals surface area (Å²) >= 11 is 0. The molecule has 90 valence electrons. The predicted octanol–water partition coefficient (Wildman–Crippen LogP) is 5.92. The third-order valence-corrected chi connectivity index (χ3v) is 1.18. The summed E-state index contributed by atoms with van der Waals surface area (Å²) in [5.41, 5.74) is 1.36. The Bertz CT molecular complexity index is 156. The number of hydrogen-bond donors (Lipinski definition) is 0. The van der Waals surface area contributed by atoms with Gasteiger partial charge in [-0.15, -0.1) is 0 Å². The van der Waals surface area contributed by atoms with Crippen LogP contribution in [0.1, 0.15) is 61.3 Å². The molecule has 0 bridgehead atoms. The first-order valence-corrected chi connectivity index (χ1v) is 6.31. The summed E-state index contributed by atoms with van der Waals surface area (Å²) in [5, 5.41) is 0. The maximum absolute atomic E-state index is 2.21. The van der Waals surface area contributed by atoms with E-state index in [9.17, 15) is 0 Å². The number of allylic oxidation sites excluding steroid dienone is 6. The van der Waals surface area contributed by atoms with Gasteiger partial charge in [-0.05, 0) is 13.3 Å². The van der Waals surface area contributed by atoms with Crippen molar-refractivity contribution in [3.05, 3.63) is 36.0 Å². The van der Waals surface area contributed by atoms with Gasteiger partial charge in [-0.25, -0.2) is 0 Å². The largest absolute Gasteiger partial charge is 0.0807 e. The molecule has 0 radical (unpaired) electrons. The van der Waals surface area contributed by atoms with Crippen LogP contribution in [0.15, 0.2) is 36.0 Å². The first kappa shape index (κ1) is 19.7. The molecule has 0 aromatic heterocycles. The van der Waals surface area contributed by atoms with E-state index in [0.29, 0.717) is 0 Å². The molecule has 1 aliphatic rings. The lowest BCUT2D eigenvalue weighted by Crippen LogP contribution is -1.62. The van der Waals surface area contributed by atoms with Gasteiger partial charge in [0.1, 0.15) is 0 Å². The van der Waals surface area contributed by atoms with E-state index < -0.39 is 0 Å². The van der Waals surface area contributed by atoms with Crippen LogP contribution in [-0.2, 0) is 0 Å². The predicted molar refractivity (Wildman–Crippen MR) is 75.3 cm³/mol. The smallest absolute Gasteiger partial charge is 0.0160 e. The Labute approximate surface area is 97.8 Å². The molecule has 0 fully saturated rings. The van der Waals surface area contributed by atoms with Crippen LogP contribution in [0.25, 0.3) is 0 Å². The average molecular weight is 210 g/mol. The minimum atomic E-state index is 1.08. The molecule has 0 nitrogen and oxygen atoms in total. The molecule has 1 rings (SSSR count). The third-order valence-electron chi connectivity index (χ3n) is 1.18. The molecular formula is C15H30. The van der Waals surface area contributed by atoms with E-state index in [1.165, 1.54) is 12.0 Å². The van der Waals surface area contributed by atoms with Crippen LogP contribution in [0, 0.1) is 0 Å². The first-order valence-electron chi connectivity index (χ1n) is 6.31. The van der Waals surface area contributed by atoms with Crippen LogP contribution in [0.4, 0.5) is 0 Å². The molecule has 0 spiro atoms. The van der Waals surface area contributed by atoms with Crippen molar-refractivity contribution in [3.8, 4) is 0 Å². The summed E-state index contributed by atoms with van der Waals surface area (Å²) in [6, 6.07) is 0. The Morgan fingerprint density at radius 3 is 1.93 bits per heavy atom. The molecule has 0 aromatic rings. The summed E-state index contributed by atoms with van der Waals surface area (Å²) < 4.78 is 0. The molecule has 0 atom stereocenters. The highest BCUT2D eigenvalue weighted by Gasteiger charge is 1.81. The molecule has 0 unspecified atom stereocenters. The van der Waals surface area contributed by atoms with E-state index in [2.05, 4.69) is 51.2 Å². The van der Waals surface area contributed by atoms with Gasteiger partial charge in [-0.2, -0.15) is 0 Å². The zero-order valence-corrected chi connectivity index (χ0v) is 11.8. The lowest BCUT2D eigenvalue weighted by atomic mass is 10.2. The second-order valence-electron chi connectivity index (χ2n) is 2.68. The first-order chi connectivity index (χ1) is 7.31. The second-order valence-corrected chi connectivity index (χ2v) is 2.68. The lowest BCUT2D eigenvalue weighted by Gasteiger charge is -1.82. The average Bonchev–Trinajstić information content (AvgIpc) is 2.53. The molecule has 0 amide bonds. The van der Waals surface area contributed by atoms with Crippen molar-refractivity contribution < 1.29 is 0 Å². The summed E-state index contributed by atoms with van der Waals surface area (Å²) in [6.45, 7) is 14.4. The highest BCUT2D eigenvalue weighted by atomic mass is 13.9. The van der Waals surface area contributed by atoms with Gasteiger partial charge in [0.2, 0.25) is 0 Å². The molecular weight excluding hydrogens is 180 g/mol. The summed E-state index contributed by atoms with van der Waals surface area (Å²) in [4.78, 5) is 0. The van der Waals surface area contributed by atoms with Gasteiger partial charge in [0.15, 0.2) is 0 Å². The van der Waals surface area contributed by atoms with Crippen LogP contribution in [-0.4, -0.2) is 0 Å². The fourth-order valence-electron chi connectivity index (χ4n) is 0.686. The van der Waals surface area contributed by atoms with Crippen molar-refractivity contribution in [2.24, 2.45) is 0 Å². The van der Waals surface area contributed by atoms with Gasteiger partial charge in [-0.1, -0.05) is 83.9 Å². The Balaban J connectivity index is -0.000000176. The Kier molecular flexibility index (Phi) is 30.6. The molecule has 0 saturated carbocycles. The fraction of sp³-hybridized carbons (Fsp3) is 0.600. The van der Waals surface area contributed by atoms with Gasteiger partial charge >= 0.3 is 0 Å². The van der Waals surface area contributed by atoms with Crippen molar-refractivity contribution in [2.45, 2.75) is 61.3 Å². The molecule has 0 N–H and O–H groups in total. The number of hydrogen-bond acceptors (Lipinski definition) is 0. The second kappa shape index (κ2) is 23.2. The Hall–Kier alpha value is -0.780. The minimum absolute atomic E-state index is 1.08. The van der Waals surface area contributed by atoms with Gasteiger partial charge in [0, 0.05) is 0 Å². The Morgan fingerprint density at radius 2 is 1.47 bits per heavy atom. The molecule has 0 saturated heterocycles. The van der Waals surface area contributed by atoms with Gasteiger partial charge in [0.25, 0.3) is 0 Å². The van der Waals surface area contributed by atoms with Gasteiger partial charge in [0.05, 0.1) is 0 Å². The maximum Gasteiger partial charge on any atom is -0.0160 e. The highest BCUT2D eigenvalue weighted by molar-refractivity contribution is 5.24. The molecule has 0 heteroatoms. The van der Waals surface area contributed by atoms with E-state index in [0.717, 1.165) is 6.42 Å². The maximum atomic E-state index is 2.21. The van der Waals surface area contributed by atoms with Crippen LogP contribution in [0.3, 0.4) is 0 Å². The van der Waals surface area contributed by atoms with E-state index in [1.807, 2.05) is 27.7 Å². The van der Waals surface area contributed by atoms with Crippen molar-refractivity contribution in [2.75, 3.05) is 0 Å². The van der Waals surface area contributed by atoms with Crippen LogP contribution in [0.5, 0.6) is 0 Å². The SMILES string of the molecule is CC.CC.CC1=CCC=CC=C1.CCC. The van der Waals surface area contributed by atoms with E-state index in [-0.39, 0.29) is 0 Å². The zero-order valence-electron chi connectivity index (χ0n) is 11.8. The quantitative estimate of drug-likeness (QED) is 0.465. The van der Waals surface area contributed by atoms with Crippen LogP contribution >= 0.6 is 0 Å². The summed E-state index contributed by atoms with van der Waals surface area (Å²) in [7, 11) is 0. The fourth-order valence-corrected chi connectivity index (χ4v) is 0.686. The van der Waals surface area contributed by atoms with Crippen LogP contribution < -0.4 is 0 Å². The zero-order chi connectivity index (χ0) is 12.5. The standard InChI is InChI=1S/C8H10.C3H8.2C2H6/c1-8-6-4-2-3-5-7-8;1-3-2;2*1-2/h2-4,6-7H,5H2,1H3;3H2,1-2H3;2*1-2H3. The summed E-state index contributed by atoms with van der Waals surface area (Å²) in [5.74, 6) is 0. The van der Waals surface area contributed by atoms with Crippen molar-refractivity contribution in [3.63, 3.8) is 0 Å². The normalized spacial score (nSPS) is 11.5. The lowest BCUT2D eigenvalue weighted by molar-refractivity contribution is 1.09.